The fourth-order valence-corrected chi connectivity index (χ4v) is 2.06. The summed E-state index contributed by atoms with van der Waals surface area (Å²) in [5.74, 6) is 0.963. The Hall–Kier alpha value is -1.02. The monoisotopic (exact) mass is 206 g/mol. The third-order valence-electron chi connectivity index (χ3n) is 3.12. The Morgan fingerprint density at radius 3 is 2.60 bits per heavy atom. The van der Waals surface area contributed by atoms with Gasteiger partial charge in [-0.1, -0.05) is 0 Å². The van der Waals surface area contributed by atoms with Crippen LogP contribution in [-0.2, 0) is 4.74 Å². The molecule has 0 aromatic heterocycles. The van der Waals surface area contributed by atoms with E-state index in [9.17, 15) is 0 Å². The Labute approximate surface area is 91.2 Å². The second-order valence-electron chi connectivity index (χ2n) is 4.18. The van der Waals surface area contributed by atoms with Gasteiger partial charge in [-0.2, -0.15) is 0 Å². The van der Waals surface area contributed by atoms with Gasteiger partial charge in [-0.3, -0.25) is 0 Å². The number of benzene rings is 1. The van der Waals surface area contributed by atoms with Crippen molar-refractivity contribution < 1.29 is 9.47 Å². The molecule has 15 heavy (non-hydrogen) atoms. The van der Waals surface area contributed by atoms with Crippen molar-refractivity contribution in [2.45, 2.75) is 32.8 Å². The lowest BCUT2D eigenvalue weighted by molar-refractivity contribution is 0.109. The van der Waals surface area contributed by atoms with Crippen molar-refractivity contribution in [2.24, 2.45) is 0 Å². The summed E-state index contributed by atoms with van der Waals surface area (Å²) in [4.78, 5) is 0. The van der Waals surface area contributed by atoms with Crippen LogP contribution in [0.5, 0.6) is 5.75 Å². The van der Waals surface area contributed by atoms with E-state index in [1.165, 1.54) is 16.7 Å². The molecular formula is C13H18O2. The molecule has 2 nitrogen and oxygen atoms in total. The summed E-state index contributed by atoms with van der Waals surface area (Å²) in [7, 11) is 1.72. The molecular weight excluding hydrogens is 188 g/mol. The van der Waals surface area contributed by atoms with Gasteiger partial charge in [0.05, 0.1) is 13.2 Å². The lowest BCUT2D eigenvalue weighted by atomic mass is 10.00. The Bertz CT molecular complexity index is 352. The first-order valence-electron chi connectivity index (χ1n) is 5.49. The lowest BCUT2D eigenvalue weighted by Gasteiger charge is -2.16. The van der Waals surface area contributed by atoms with Gasteiger partial charge in [-0.05, 0) is 49.9 Å². The van der Waals surface area contributed by atoms with Crippen LogP contribution < -0.4 is 4.74 Å². The largest absolute Gasteiger partial charge is 0.496 e. The van der Waals surface area contributed by atoms with Gasteiger partial charge in [0.25, 0.3) is 0 Å². The Kier molecular flexibility index (Phi) is 2.96. The molecule has 1 unspecified atom stereocenters. The smallest absolute Gasteiger partial charge is 0.124 e. The van der Waals surface area contributed by atoms with E-state index in [1.54, 1.807) is 7.11 Å². The van der Waals surface area contributed by atoms with E-state index in [0.29, 0.717) is 0 Å². The highest BCUT2D eigenvalue weighted by atomic mass is 16.5. The van der Waals surface area contributed by atoms with Crippen molar-refractivity contribution in [1.29, 1.82) is 0 Å². The number of hydrogen-bond donors (Lipinski definition) is 0. The Balaban J connectivity index is 2.39. The van der Waals surface area contributed by atoms with E-state index in [4.69, 9.17) is 9.47 Å². The summed E-state index contributed by atoms with van der Waals surface area (Å²) in [6.45, 7) is 5.12. The third-order valence-corrected chi connectivity index (χ3v) is 3.12. The summed E-state index contributed by atoms with van der Waals surface area (Å²) in [6.07, 6.45) is 2.50. The van der Waals surface area contributed by atoms with Gasteiger partial charge in [-0.25, -0.2) is 0 Å². The van der Waals surface area contributed by atoms with Crippen LogP contribution in [0.4, 0.5) is 0 Å². The van der Waals surface area contributed by atoms with Crippen LogP contribution in [0.3, 0.4) is 0 Å². The molecule has 0 radical (unpaired) electrons. The zero-order valence-corrected chi connectivity index (χ0v) is 9.67. The highest BCUT2D eigenvalue weighted by Crippen LogP contribution is 2.36. The topological polar surface area (TPSA) is 18.5 Å². The van der Waals surface area contributed by atoms with Crippen molar-refractivity contribution >= 4 is 0 Å². The molecule has 2 rings (SSSR count). The van der Waals surface area contributed by atoms with E-state index in [1.807, 2.05) is 0 Å². The minimum Gasteiger partial charge on any atom is -0.496 e. The van der Waals surface area contributed by atoms with E-state index >= 15 is 0 Å². The maximum absolute atomic E-state index is 5.70. The molecule has 1 heterocycles. The van der Waals surface area contributed by atoms with E-state index in [0.717, 1.165) is 25.2 Å². The van der Waals surface area contributed by atoms with Gasteiger partial charge in [0.1, 0.15) is 5.75 Å². The summed E-state index contributed by atoms with van der Waals surface area (Å²) < 4.78 is 11.1. The third kappa shape index (κ3) is 2.00. The first kappa shape index (κ1) is 10.5. The zero-order chi connectivity index (χ0) is 10.8. The fourth-order valence-electron chi connectivity index (χ4n) is 2.06. The predicted molar refractivity (Wildman–Crippen MR) is 60.4 cm³/mol. The normalized spacial score (nSPS) is 20.6. The average Bonchev–Trinajstić information content (AvgIpc) is 2.74. The number of hydrogen-bond acceptors (Lipinski definition) is 2. The molecule has 0 spiro atoms. The first-order valence-corrected chi connectivity index (χ1v) is 5.49. The van der Waals surface area contributed by atoms with Gasteiger partial charge in [-0.15, -0.1) is 0 Å². The van der Waals surface area contributed by atoms with Crippen LogP contribution in [0.1, 0.15) is 35.6 Å². The SMILES string of the molecule is COc1cc(C)c(C)cc1C1CCCO1. The summed E-state index contributed by atoms with van der Waals surface area (Å²) in [6, 6.07) is 4.30. The molecule has 1 aliphatic heterocycles. The molecule has 0 aliphatic carbocycles. The van der Waals surface area contributed by atoms with Crippen LogP contribution >= 0.6 is 0 Å². The number of ether oxygens (including phenoxy) is 2. The quantitative estimate of drug-likeness (QED) is 0.740. The standard InChI is InChI=1S/C13H18O2/c1-9-7-11(12-5-4-6-15-12)13(14-3)8-10(9)2/h7-8,12H,4-6H2,1-3H3. The molecule has 0 N–H and O–H groups in total. The lowest BCUT2D eigenvalue weighted by Crippen LogP contribution is -2.01. The Morgan fingerprint density at radius 1 is 1.27 bits per heavy atom. The molecule has 1 saturated heterocycles. The van der Waals surface area contributed by atoms with E-state index in [-0.39, 0.29) is 6.10 Å². The van der Waals surface area contributed by atoms with E-state index in [2.05, 4.69) is 26.0 Å². The average molecular weight is 206 g/mol. The van der Waals surface area contributed by atoms with Crippen LogP contribution in [0.25, 0.3) is 0 Å². The Morgan fingerprint density at radius 2 is 2.00 bits per heavy atom. The maximum Gasteiger partial charge on any atom is 0.124 e. The number of aryl methyl sites for hydroxylation is 2. The molecule has 0 amide bonds. The second-order valence-corrected chi connectivity index (χ2v) is 4.18. The highest BCUT2D eigenvalue weighted by molar-refractivity contribution is 5.43. The van der Waals surface area contributed by atoms with Crippen molar-refractivity contribution in [3.8, 4) is 5.75 Å². The first-order chi connectivity index (χ1) is 7.22. The van der Waals surface area contributed by atoms with Gasteiger partial charge >= 0.3 is 0 Å². The summed E-state index contributed by atoms with van der Waals surface area (Å²) >= 11 is 0. The molecule has 0 saturated carbocycles. The van der Waals surface area contributed by atoms with E-state index < -0.39 is 0 Å². The van der Waals surface area contributed by atoms with Crippen molar-refractivity contribution in [2.75, 3.05) is 13.7 Å². The van der Waals surface area contributed by atoms with Crippen LogP contribution in [0.2, 0.25) is 0 Å². The molecule has 1 aliphatic rings. The molecule has 1 fully saturated rings. The fraction of sp³-hybridized carbons (Fsp3) is 0.538. The minimum absolute atomic E-state index is 0.235. The van der Waals surface area contributed by atoms with Crippen LogP contribution in [-0.4, -0.2) is 13.7 Å². The number of methoxy groups -OCH3 is 1. The molecule has 2 heteroatoms. The molecule has 1 aromatic rings. The molecule has 1 atom stereocenters. The number of rotatable bonds is 2. The van der Waals surface area contributed by atoms with Crippen molar-refractivity contribution in [3.05, 3.63) is 28.8 Å². The van der Waals surface area contributed by atoms with Gasteiger partial charge < -0.3 is 9.47 Å². The summed E-state index contributed by atoms with van der Waals surface area (Å²) in [5.41, 5.74) is 3.79. The van der Waals surface area contributed by atoms with Crippen molar-refractivity contribution in [3.63, 3.8) is 0 Å². The van der Waals surface area contributed by atoms with Gasteiger partial charge in [0, 0.05) is 12.2 Å². The van der Waals surface area contributed by atoms with Crippen LogP contribution in [0, 0.1) is 13.8 Å². The summed E-state index contributed by atoms with van der Waals surface area (Å²) in [5, 5.41) is 0. The molecule has 1 aromatic carbocycles. The highest BCUT2D eigenvalue weighted by Gasteiger charge is 2.21. The van der Waals surface area contributed by atoms with Gasteiger partial charge in [0.15, 0.2) is 0 Å². The maximum atomic E-state index is 5.70. The molecule has 0 bridgehead atoms. The zero-order valence-electron chi connectivity index (χ0n) is 9.67. The van der Waals surface area contributed by atoms with Gasteiger partial charge in [0.2, 0.25) is 0 Å². The van der Waals surface area contributed by atoms with Crippen LogP contribution in [0.15, 0.2) is 12.1 Å². The predicted octanol–water partition coefficient (Wildman–Crippen LogP) is 3.16. The second kappa shape index (κ2) is 4.23. The van der Waals surface area contributed by atoms with Crippen molar-refractivity contribution in [1.82, 2.24) is 0 Å². The minimum atomic E-state index is 0.235. The molecule has 82 valence electrons.